The zero-order chi connectivity index (χ0) is 16.2. The van der Waals surface area contributed by atoms with Gasteiger partial charge in [-0.25, -0.2) is 4.79 Å². The maximum atomic E-state index is 11.8. The first-order valence-electron chi connectivity index (χ1n) is 6.52. The minimum absolute atomic E-state index is 0.289. The summed E-state index contributed by atoms with van der Waals surface area (Å²) < 4.78 is 4.81. The van der Waals surface area contributed by atoms with Gasteiger partial charge in [-0.3, -0.25) is 4.79 Å². The molecule has 114 valence electrons. The van der Waals surface area contributed by atoms with Gasteiger partial charge in [-0.05, 0) is 19.1 Å². The van der Waals surface area contributed by atoms with Crippen molar-refractivity contribution >= 4 is 29.3 Å². The highest BCUT2D eigenvalue weighted by Crippen LogP contribution is 2.26. The summed E-state index contributed by atoms with van der Waals surface area (Å²) in [6.07, 6.45) is 6.23. The molecular weight excluding hydrogens is 300 g/mol. The maximum Gasteiger partial charge on any atom is 0.331 e. The smallest absolute Gasteiger partial charge is 0.331 e. The number of esters is 1. The Morgan fingerprint density at radius 3 is 2.86 bits per heavy atom. The summed E-state index contributed by atoms with van der Waals surface area (Å²) in [7, 11) is 0. The molecule has 5 nitrogen and oxygen atoms in total. The van der Waals surface area contributed by atoms with E-state index in [1.54, 1.807) is 24.3 Å². The number of rotatable bonds is 7. The highest BCUT2D eigenvalue weighted by Gasteiger charge is 2.08. The van der Waals surface area contributed by atoms with Crippen LogP contribution in [0.3, 0.4) is 0 Å². The lowest BCUT2D eigenvalue weighted by molar-refractivity contribution is -0.142. The van der Waals surface area contributed by atoms with Crippen LogP contribution in [0.15, 0.2) is 53.5 Å². The molecule has 0 unspecified atom stereocenters. The van der Waals surface area contributed by atoms with Gasteiger partial charge in [0.2, 0.25) is 0 Å². The molecule has 1 amide bonds. The van der Waals surface area contributed by atoms with Crippen molar-refractivity contribution in [1.29, 1.82) is 5.26 Å². The first kappa shape index (κ1) is 17.5. The zero-order valence-electron chi connectivity index (χ0n) is 12.1. The summed E-state index contributed by atoms with van der Waals surface area (Å²) in [5, 5.41) is 11.3. The van der Waals surface area contributed by atoms with E-state index in [-0.39, 0.29) is 12.4 Å². The number of hydrogen-bond acceptors (Lipinski definition) is 5. The summed E-state index contributed by atoms with van der Waals surface area (Å²) in [5.41, 5.74) is 0.591. The first-order valence-corrected chi connectivity index (χ1v) is 7.50. The van der Waals surface area contributed by atoms with E-state index in [4.69, 9.17) is 10.00 Å². The molecule has 0 fully saturated rings. The van der Waals surface area contributed by atoms with E-state index in [0.717, 1.165) is 4.90 Å². The Morgan fingerprint density at radius 2 is 2.14 bits per heavy atom. The minimum atomic E-state index is -0.583. The van der Waals surface area contributed by atoms with Gasteiger partial charge in [0.1, 0.15) is 0 Å². The highest BCUT2D eigenvalue weighted by atomic mass is 32.2. The van der Waals surface area contributed by atoms with Crippen LogP contribution in [0.1, 0.15) is 6.92 Å². The number of nitrogens with zero attached hydrogens (tertiary/aromatic N) is 1. The molecule has 0 aromatic heterocycles. The largest absolute Gasteiger partial charge is 0.452 e. The molecule has 1 N–H and O–H groups in total. The van der Waals surface area contributed by atoms with Gasteiger partial charge in [-0.2, -0.15) is 5.26 Å². The van der Waals surface area contributed by atoms with Crippen LogP contribution in [-0.4, -0.2) is 24.2 Å². The Balaban J connectivity index is 2.52. The number of allylic oxidation sites excluding steroid dienone is 3. The molecule has 0 saturated carbocycles. The number of hydrogen-bond donors (Lipinski definition) is 1. The molecule has 0 aliphatic rings. The van der Waals surface area contributed by atoms with Gasteiger partial charge >= 0.3 is 5.97 Å². The van der Waals surface area contributed by atoms with Crippen molar-refractivity contribution in [3.63, 3.8) is 0 Å². The first-order chi connectivity index (χ1) is 10.7. The Bertz CT molecular complexity index is 618. The van der Waals surface area contributed by atoms with Gasteiger partial charge in [-0.15, -0.1) is 11.8 Å². The molecule has 0 bridgehead atoms. The Kier molecular flexibility index (Phi) is 8.16. The summed E-state index contributed by atoms with van der Waals surface area (Å²) in [4.78, 5) is 23.9. The fourth-order valence-electron chi connectivity index (χ4n) is 1.42. The molecule has 1 aromatic rings. The topological polar surface area (TPSA) is 79.2 Å². The van der Waals surface area contributed by atoms with Gasteiger partial charge in [0.05, 0.1) is 17.5 Å². The normalized spacial score (nSPS) is 10.5. The van der Waals surface area contributed by atoms with Gasteiger partial charge < -0.3 is 10.1 Å². The monoisotopic (exact) mass is 316 g/mol. The second kappa shape index (κ2) is 10.2. The second-order valence-corrected chi connectivity index (χ2v) is 5.00. The Hall–Kier alpha value is -2.52. The molecule has 0 aliphatic heterocycles. The van der Waals surface area contributed by atoms with E-state index < -0.39 is 11.9 Å². The van der Waals surface area contributed by atoms with Crippen molar-refractivity contribution < 1.29 is 14.3 Å². The van der Waals surface area contributed by atoms with Crippen LogP contribution in [0.4, 0.5) is 5.69 Å². The molecule has 0 spiro atoms. The average Bonchev–Trinajstić information content (AvgIpc) is 2.52. The number of anilines is 1. The average molecular weight is 316 g/mol. The minimum Gasteiger partial charge on any atom is -0.452 e. The lowest BCUT2D eigenvalue weighted by Crippen LogP contribution is -2.20. The van der Waals surface area contributed by atoms with Crippen molar-refractivity contribution in [3.05, 3.63) is 48.6 Å². The van der Waals surface area contributed by atoms with Crippen LogP contribution in [0.2, 0.25) is 0 Å². The van der Waals surface area contributed by atoms with Crippen molar-refractivity contribution in [3.8, 4) is 6.07 Å². The fourth-order valence-corrected chi connectivity index (χ4v) is 2.09. The van der Waals surface area contributed by atoms with E-state index in [2.05, 4.69) is 5.32 Å². The molecule has 1 rings (SSSR count). The predicted octanol–water partition coefficient (Wildman–Crippen LogP) is 2.92. The molecule has 22 heavy (non-hydrogen) atoms. The lowest BCUT2D eigenvalue weighted by atomic mass is 10.3. The van der Waals surface area contributed by atoms with Crippen LogP contribution in [0, 0.1) is 11.3 Å². The molecule has 0 radical (unpaired) electrons. The predicted molar refractivity (Wildman–Crippen MR) is 86.3 cm³/mol. The molecule has 0 saturated heterocycles. The lowest BCUT2D eigenvalue weighted by Gasteiger charge is -2.09. The van der Waals surface area contributed by atoms with E-state index in [9.17, 15) is 9.59 Å². The zero-order valence-corrected chi connectivity index (χ0v) is 12.9. The van der Waals surface area contributed by atoms with Crippen molar-refractivity contribution in [2.24, 2.45) is 0 Å². The molecular formula is C16H16N2O3S. The quantitative estimate of drug-likeness (QED) is 0.362. The van der Waals surface area contributed by atoms with Crippen molar-refractivity contribution in [2.45, 2.75) is 11.8 Å². The van der Waals surface area contributed by atoms with Crippen LogP contribution >= 0.6 is 11.8 Å². The standard InChI is InChI=1S/C16H16N2O3S/c1-2-3-4-9-16(20)21-12-15(19)18-13-7-5-6-8-14(13)22-11-10-17/h2-9H,11-12H2,1H3,(H,18,19)/b3-2+,9-4+. The summed E-state index contributed by atoms with van der Waals surface area (Å²) in [5.74, 6) is -0.726. The molecule has 0 aliphatic carbocycles. The number of amides is 1. The molecule has 0 atom stereocenters. The Morgan fingerprint density at radius 1 is 1.36 bits per heavy atom. The van der Waals surface area contributed by atoms with Crippen LogP contribution < -0.4 is 5.32 Å². The molecule has 1 aromatic carbocycles. The van der Waals surface area contributed by atoms with E-state index in [0.29, 0.717) is 5.69 Å². The highest BCUT2D eigenvalue weighted by molar-refractivity contribution is 7.99. The van der Waals surface area contributed by atoms with E-state index >= 15 is 0 Å². The second-order valence-electron chi connectivity index (χ2n) is 3.98. The number of carbonyl (C=O) groups is 2. The molecule has 0 heterocycles. The van der Waals surface area contributed by atoms with E-state index in [1.807, 2.05) is 25.1 Å². The van der Waals surface area contributed by atoms with Crippen molar-refractivity contribution in [2.75, 3.05) is 17.7 Å². The third-order valence-electron chi connectivity index (χ3n) is 2.33. The number of nitrogens with one attached hydrogen (secondary N) is 1. The van der Waals surface area contributed by atoms with Gasteiger partial charge in [-0.1, -0.05) is 30.4 Å². The number of carbonyl (C=O) groups excluding carboxylic acids is 2. The van der Waals surface area contributed by atoms with Crippen molar-refractivity contribution in [1.82, 2.24) is 0 Å². The number of ether oxygens (including phenoxy) is 1. The Labute approximate surface area is 133 Å². The number of para-hydroxylation sites is 1. The van der Waals surface area contributed by atoms with Crippen LogP contribution in [0.25, 0.3) is 0 Å². The SMILES string of the molecule is C/C=C/C=C/C(=O)OCC(=O)Nc1ccccc1SCC#N. The van der Waals surface area contributed by atoms with Gasteiger partial charge in [0.15, 0.2) is 6.61 Å². The van der Waals surface area contributed by atoms with Crippen LogP contribution in [-0.2, 0) is 14.3 Å². The third-order valence-corrected chi connectivity index (χ3v) is 3.28. The maximum absolute atomic E-state index is 11.8. The summed E-state index contributed by atoms with van der Waals surface area (Å²) in [6.45, 7) is 1.46. The number of benzene rings is 1. The fraction of sp³-hybridized carbons (Fsp3) is 0.188. The van der Waals surface area contributed by atoms with E-state index in [1.165, 1.54) is 23.9 Å². The third kappa shape index (κ3) is 6.77. The molecule has 6 heteroatoms. The van der Waals surface area contributed by atoms with Gasteiger partial charge in [0, 0.05) is 11.0 Å². The number of nitriles is 1. The van der Waals surface area contributed by atoms with Crippen LogP contribution in [0.5, 0.6) is 0 Å². The summed E-state index contributed by atoms with van der Waals surface area (Å²) in [6, 6.07) is 9.16. The summed E-state index contributed by atoms with van der Waals surface area (Å²) >= 11 is 1.32. The van der Waals surface area contributed by atoms with Gasteiger partial charge in [0.25, 0.3) is 5.91 Å². The number of thioether (sulfide) groups is 1.